The summed E-state index contributed by atoms with van der Waals surface area (Å²) in [7, 11) is 0. The van der Waals surface area contributed by atoms with Gasteiger partial charge in [-0.05, 0) is 39.7 Å². The molecule has 2 rings (SSSR count). The zero-order valence-electron chi connectivity index (χ0n) is 10.5. The van der Waals surface area contributed by atoms with Crippen molar-refractivity contribution in [2.75, 3.05) is 6.54 Å². The van der Waals surface area contributed by atoms with Gasteiger partial charge in [-0.15, -0.1) is 0 Å². The fourth-order valence-corrected chi connectivity index (χ4v) is 2.57. The van der Waals surface area contributed by atoms with Gasteiger partial charge in [0, 0.05) is 0 Å². The second kappa shape index (κ2) is 6.26. The van der Waals surface area contributed by atoms with Crippen molar-refractivity contribution in [1.29, 1.82) is 0 Å². The van der Waals surface area contributed by atoms with E-state index in [2.05, 4.69) is 21.2 Å². The molecule has 0 bridgehead atoms. The third kappa shape index (κ3) is 3.01. The summed E-state index contributed by atoms with van der Waals surface area (Å²) in [6, 6.07) is 12.3. The van der Waals surface area contributed by atoms with Gasteiger partial charge < -0.3 is 5.32 Å². The minimum Gasteiger partial charge on any atom is -0.306 e. The first-order chi connectivity index (χ1) is 9.15. The molecule has 0 aliphatic heterocycles. The Hall–Kier alpha value is -1.26. The standard InChI is InChI=1S/C15H14BrF2N/c1-2-19-15(10-6-4-3-5-7-10)11-8-9-12(17)14(18)13(11)16/h3-9,15,19H,2H2,1H3. The summed E-state index contributed by atoms with van der Waals surface area (Å²) in [6.45, 7) is 2.70. The van der Waals surface area contributed by atoms with Gasteiger partial charge in [0.15, 0.2) is 11.6 Å². The van der Waals surface area contributed by atoms with Crippen LogP contribution in [0.4, 0.5) is 8.78 Å². The summed E-state index contributed by atoms with van der Waals surface area (Å²) >= 11 is 3.14. The van der Waals surface area contributed by atoms with Crippen molar-refractivity contribution in [3.05, 3.63) is 69.7 Å². The van der Waals surface area contributed by atoms with Crippen LogP contribution < -0.4 is 5.32 Å². The third-order valence-corrected chi connectivity index (χ3v) is 3.72. The Bertz CT molecular complexity index is 558. The molecule has 2 aromatic carbocycles. The van der Waals surface area contributed by atoms with E-state index < -0.39 is 11.6 Å². The summed E-state index contributed by atoms with van der Waals surface area (Å²) < 4.78 is 27.0. The van der Waals surface area contributed by atoms with E-state index in [-0.39, 0.29) is 10.5 Å². The highest BCUT2D eigenvalue weighted by atomic mass is 79.9. The van der Waals surface area contributed by atoms with Crippen molar-refractivity contribution in [2.24, 2.45) is 0 Å². The lowest BCUT2D eigenvalue weighted by atomic mass is 9.98. The highest BCUT2D eigenvalue weighted by molar-refractivity contribution is 9.10. The molecule has 0 aliphatic carbocycles. The van der Waals surface area contributed by atoms with Crippen molar-refractivity contribution in [3.8, 4) is 0 Å². The first-order valence-electron chi connectivity index (χ1n) is 6.06. The fraction of sp³-hybridized carbons (Fsp3) is 0.200. The Morgan fingerprint density at radius 1 is 1.11 bits per heavy atom. The maximum atomic E-state index is 13.7. The lowest BCUT2D eigenvalue weighted by molar-refractivity contribution is 0.498. The molecule has 0 saturated carbocycles. The second-order valence-corrected chi connectivity index (χ2v) is 4.96. The lowest BCUT2D eigenvalue weighted by Gasteiger charge is -2.20. The zero-order chi connectivity index (χ0) is 13.8. The molecule has 0 aliphatic rings. The molecule has 0 spiro atoms. The number of nitrogens with one attached hydrogen (secondary N) is 1. The van der Waals surface area contributed by atoms with E-state index in [9.17, 15) is 8.78 Å². The number of hydrogen-bond acceptors (Lipinski definition) is 1. The second-order valence-electron chi connectivity index (χ2n) is 4.17. The van der Waals surface area contributed by atoms with Crippen molar-refractivity contribution < 1.29 is 8.78 Å². The van der Waals surface area contributed by atoms with E-state index in [4.69, 9.17) is 0 Å². The molecule has 0 aromatic heterocycles. The van der Waals surface area contributed by atoms with Gasteiger partial charge in [0.05, 0.1) is 10.5 Å². The minimum absolute atomic E-state index is 0.169. The molecule has 4 heteroatoms. The van der Waals surface area contributed by atoms with Crippen LogP contribution in [0.3, 0.4) is 0 Å². The summed E-state index contributed by atoms with van der Waals surface area (Å²) in [6.07, 6.45) is 0. The van der Waals surface area contributed by atoms with Gasteiger partial charge in [-0.25, -0.2) is 8.78 Å². The van der Waals surface area contributed by atoms with Crippen LogP contribution in [0.5, 0.6) is 0 Å². The van der Waals surface area contributed by atoms with Crippen LogP contribution in [0.1, 0.15) is 24.1 Å². The molecule has 2 aromatic rings. The van der Waals surface area contributed by atoms with Crippen LogP contribution >= 0.6 is 15.9 Å². The van der Waals surface area contributed by atoms with Crippen LogP contribution in [0.2, 0.25) is 0 Å². The Kier molecular flexibility index (Phi) is 4.66. The highest BCUT2D eigenvalue weighted by Gasteiger charge is 2.19. The maximum absolute atomic E-state index is 13.7. The Morgan fingerprint density at radius 2 is 1.79 bits per heavy atom. The Labute approximate surface area is 119 Å². The third-order valence-electron chi connectivity index (χ3n) is 2.92. The number of hydrogen-bond donors (Lipinski definition) is 1. The van der Waals surface area contributed by atoms with Crippen LogP contribution in [-0.2, 0) is 0 Å². The summed E-state index contributed by atoms with van der Waals surface area (Å²) in [5.41, 5.74) is 1.70. The topological polar surface area (TPSA) is 12.0 Å². The van der Waals surface area contributed by atoms with Gasteiger partial charge in [-0.1, -0.05) is 43.3 Å². The average molecular weight is 326 g/mol. The molecule has 1 N–H and O–H groups in total. The molecule has 1 atom stereocenters. The summed E-state index contributed by atoms with van der Waals surface area (Å²) in [5, 5.41) is 3.28. The number of rotatable bonds is 4. The summed E-state index contributed by atoms with van der Waals surface area (Å²) in [5.74, 6) is -1.70. The van der Waals surface area contributed by atoms with E-state index in [1.54, 1.807) is 6.07 Å². The van der Waals surface area contributed by atoms with Crippen LogP contribution in [0.25, 0.3) is 0 Å². The SMILES string of the molecule is CCNC(c1ccccc1)c1ccc(F)c(F)c1Br. The number of benzene rings is 2. The highest BCUT2D eigenvalue weighted by Crippen LogP contribution is 2.31. The Balaban J connectivity index is 2.49. The van der Waals surface area contributed by atoms with Gasteiger partial charge in [0.1, 0.15) is 0 Å². The molecular formula is C15H14BrF2N. The maximum Gasteiger partial charge on any atom is 0.173 e. The first-order valence-corrected chi connectivity index (χ1v) is 6.86. The molecule has 0 radical (unpaired) electrons. The molecule has 1 nitrogen and oxygen atoms in total. The van der Waals surface area contributed by atoms with E-state index in [0.29, 0.717) is 5.56 Å². The minimum atomic E-state index is -0.851. The number of halogens is 3. The summed E-state index contributed by atoms with van der Waals surface area (Å²) in [4.78, 5) is 0. The van der Waals surface area contributed by atoms with Crippen molar-refractivity contribution in [2.45, 2.75) is 13.0 Å². The molecule has 19 heavy (non-hydrogen) atoms. The molecule has 0 amide bonds. The van der Waals surface area contributed by atoms with E-state index in [0.717, 1.165) is 18.2 Å². The normalized spacial score (nSPS) is 12.4. The van der Waals surface area contributed by atoms with Gasteiger partial charge in [-0.3, -0.25) is 0 Å². The van der Waals surface area contributed by atoms with Crippen molar-refractivity contribution in [1.82, 2.24) is 5.32 Å². The van der Waals surface area contributed by atoms with E-state index in [1.807, 2.05) is 37.3 Å². The monoisotopic (exact) mass is 325 g/mol. The predicted octanol–water partition coefficient (Wildman–Crippen LogP) is 4.43. The Morgan fingerprint density at radius 3 is 2.42 bits per heavy atom. The largest absolute Gasteiger partial charge is 0.306 e. The smallest absolute Gasteiger partial charge is 0.173 e. The molecule has 100 valence electrons. The van der Waals surface area contributed by atoms with Crippen LogP contribution in [-0.4, -0.2) is 6.54 Å². The molecule has 1 unspecified atom stereocenters. The molecule has 0 heterocycles. The van der Waals surface area contributed by atoms with E-state index in [1.165, 1.54) is 0 Å². The van der Waals surface area contributed by atoms with Crippen molar-refractivity contribution in [3.63, 3.8) is 0 Å². The molecule has 0 fully saturated rings. The fourth-order valence-electron chi connectivity index (χ4n) is 2.02. The lowest BCUT2D eigenvalue weighted by Crippen LogP contribution is -2.22. The van der Waals surface area contributed by atoms with Gasteiger partial charge in [0.25, 0.3) is 0 Å². The predicted molar refractivity (Wildman–Crippen MR) is 76.0 cm³/mol. The van der Waals surface area contributed by atoms with Crippen molar-refractivity contribution >= 4 is 15.9 Å². The van der Waals surface area contributed by atoms with Crippen LogP contribution in [0, 0.1) is 11.6 Å². The quantitative estimate of drug-likeness (QED) is 0.820. The van der Waals surface area contributed by atoms with Gasteiger partial charge >= 0.3 is 0 Å². The van der Waals surface area contributed by atoms with Crippen LogP contribution in [0.15, 0.2) is 46.9 Å². The van der Waals surface area contributed by atoms with Gasteiger partial charge in [0.2, 0.25) is 0 Å². The molecule has 0 saturated heterocycles. The van der Waals surface area contributed by atoms with E-state index >= 15 is 0 Å². The molecular weight excluding hydrogens is 312 g/mol. The zero-order valence-corrected chi connectivity index (χ0v) is 12.0. The first kappa shape index (κ1) is 14.2. The average Bonchev–Trinajstić information content (AvgIpc) is 2.44. The van der Waals surface area contributed by atoms with Gasteiger partial charge in [-0.2, -0.15) is 0 Å².